The van der Waals surface area contributed by atoms with Gasteiger partial charge in [0.05, 0.1) is 0 Å². The van der Waals surface area contributed by atoms with E-state index < -0.39 is 0 Å². The highest BCUT2D eigenvalue weighted by atomic mass is 16.7. The highest BCUT2D eigenvalue weighted by Gasteiger charge is 2.49. The van der Waals surface area contributed by atoms with Crippen LogP contribution in [0, 0.1) is 11.8 Å². The van der Waals surface area contributed by atoms with Gasteiger partial charge in [-0.2, -0.15) is 5.06 Å². The van der Waals surface area contributed by atoms with Crippen molar-refractivity contribution in [1.82, 2.24) is 9.96 Å². The second-order valence-electron chi connectivity index (χ2n) is 11.2. The number of hydrogen-bond donors (Lipinski definition) is 0. The van der Waals surface area contributed by atoms with E-state index in [1.54, 1.807) is 0 Å². The van der Waals surface area contributed by atoms with Crippen molar-refractivity contribution in [3.05, 3.63) is 108 Å². The predicted octanol–water partition coefficient (Wildman–Crippen LogP) is 6.88. The number of nitrogens with zero attached hydrogens (tertiary/aromatic N) is 2. The molecule has 3 heteroatoms. The Hall–Kier alpha value is -2.46. The Balaban J connectivity index is 1.05. The molecule has 4 atom stereocenters. The number of hydrogen-bond acceptors (Lipinski definition) is 3. The van der Waals surface area contributed by atoms with Crippen molar-refractivity contribution in [2.45, 2.75) is 56.6 Å². The lowest BCUT2D eigenvalue weighted by Crippen LogP contribution is -2.39. The summed E-state index contributed by atoms with van der Waals surface area (Å²) in [6.45, 7) is 4.76. The lowest BCUT2D eigenvalue weighted by molar-refractivity contribution is -0.152. The molecule has 3 heterocycles. The summed E-state index contributed by atoms with van der Waals surface area (Å²) < 4.78 is 0. The Bertz CT molecular complexity index is 1060. The molecule has 6 rings (SSSR count). The molecule has 3 fully saturated rings. The summed E-state index contributed by atoms with van der Waals surface area (Å²) in [5.41, 5.74) is 4.29. The first-order valence-electron chi connectivity index (χ1n) is 14.1. The fourth-order valence-electron chi connectivity index (χ4n) is 7.02. The van der Waals surface area contributed by atoms with E-state index >= 15 is 0 Å². The smallest absolute Gasteiger partial charge is 0.106 e. The molecule has 0 aromatic heterocycles. The molecule has 0 amide bonds. The third-order valence-electron chi connectivity index (χ3n) is 8.90. The van der Waals surface area contributed by atoms with E-state index in [0.717, 1.165) is 18.9 Å². The summed E-state index contributed by atoms with van der Waals surface area (Å²) in [4.78, 5) is 9.31. The van der Waals surface area contributed by atoms with Crippen LogP contribution in [0.15, 0.2) is 91.0 Å². The van der Waals surface area contributed by atoms with Crippen LogP contribution in [0.2, 0.25) is 0 Å². The molecule has 0 saturated carbocycles. The summed E-state index contributed by atoms with van der Waals surface area (Å²) in [6, 6.07) is 33.5. The lowest BCUT2D eigenvalue weighted by atomic mass is 9.81. The van der Waals surface area contributed by atoms with Crippen LogP contribution in [0.3, 0.4) is 0 Å². The molecule has 0 aliphatic carbocycles. The number of fused-ring (bicyclic) bond motifs is 1. The van der Waals surface area contributed by atoms with Crippen LogP contribution in [-0.4, -0.2) is 42.2 Å². The van der Waals surface area contributed by atoms with E-state index in [1.165, 1.54) is 68.4 Å². The Morgan fingerprint density at radius 1 is 0.750 bits per heavy atom. The van der Waals surface area contributed by atoms with Gasteiger partial charge in [-0.3, -0.25) is 4.84 Å². The van der Waals surface area contributed by atoms with Crippen LogP contribution >= 0.6 is 0 Å². The van der Waals surface area contributed by atoms with Crippen LogP contribution in [0.5, 0.6) is 0 Å². The van der Waals surface area contributed by atoms with Crippen molar-refractivity contribution in [3.63, 3.8) is 0 Å². The monoisotopic (exact) mass is 480 g/mol. The van der Waals surface area contributed by atoms with Crippen LogP contribution in [0.25, 0.3) is 0 Å². The molecule has 3 aliphatic rings. The maximum atomic E-state index is 6.56. The third-order valence-corrected chi connectivity index (χ3v) is 8.90. The summed E-state index contributed by atoms with van der Waals surface area (Å²) in [6.07, 6.45) is 7.92. The quantitative estimate of drug-likeness (QED) is 0.349. The summed E-state index contributed by atoms with van der Waals surface area (Å²) >= 11 is 0. The fraction of sp³-hybridized carbons (Fsp3) is 0.455. The molecule has 3 saturated heterocycles. The molecule has 0 bridgehead atoms. The fourth-order valence-corrected chi connectivity index (χ4v) is 7.02. The van der Waals surface area contributed by atoms with Crippen LogP contribution in [-0.2, 0) is 11.3 Å². The molecular formula is C33H40N2O. The molecule has 0 radical (unpaired) electrons. The van der Waals surface area contributed by atoms with Gasteiger partial charge in [-0.1, -0.05) is 97.4 Å². The number of hydroxylamine groups is 2. The molecule has 1 unspecified atom stereocenters. The van der Waals surface area contributed by atoms with Crippen molar-refractivity contribution in [2.24, 2.45) is 11.8 Å². The Morgan fingerprint density at radius 2 is 1.39 bits per heavy atom. The minimum Gasteiger partial charge on any atom is -0.303 e. The molecular weight excluding hydrogens is 440 g/mol. The van der Waals surface area contributed by atoms with Gasteiger partial charge >= 0.3 is 0 Å². The van der Waals surface area contributed by atoms with E-state index in [9.17, 15) is 0 Å². The van der Waals surface area contributed by atoms with Crippen molar-refractivity contribution >= 4 is 0 Å². The third kappa shape index (κ3) is 5.44. The van der Waals surface area contributed by atoms with Crippen molar-refractivity contribution < 1.29 is 4.84 Å². The molecule has 36 heavy (non-hydrogen) atoms. The zero-order chi connectivity index (χ0) is 24.2. The van der Waals surface area contributed by atoms with Crippen molar-refractivity contribution in [1.29, 1.82) is 0 Å². The average Bonchev–Trinajstić information content (AvgIpc) is 3.49. The van der Waals surface area contributed by atoms with Gasteiger partial charge in [0.25, 0.3) is 0 Å². The second-order valence-corrected chi connectivity index (χ2v) is 11.2. The average molecular weight is 481 g/mol. The Labute approximate surface area is 217 Å². The van der Waals surface area contributed by atoms with E-state index in [1.807, 2.05) is 0 Å². The maximum Gasteiger partial charge on any atom is 0.106 e. The highest BCUT2D eigenvalue weighted by Crippen LogP contribution is 2.48. The van der Waals surface area contributed by atoms with Gasteiger partial charge < -0.3 is 4.90 Å². The molecule has 188 valence electrons. The van der Waals surface area contributed by atoms with Gasteiger partial charge in [-0.25, -0.2) is 0 Å². The summed E-state index contributed by atoms with van der Waals surface area (Å²) in [5, 5.41) is 2.34. The van der Waals surface area contributed by atoms with Crippen molar-refractivity contribution in [2.75, 3.05) is 26.2 Å². The SMILES string of the molecule is c1ccc(CCCC2CCN(CC3CN4O[C@H](c5ccccc5)C[C@H]4[C@@H]3c3ccccc3)CC2)cc1. The number of piperidine rings is 1. The molecule has 3 nitrogen and oxygen atoms in total. The number of rotatable bonds is 8. The summed E-state index contributed by atoms with van der Waals surface area (Å²) in [5.74, 6) is 2.07. The van der Waals surface area contributed by atoms with Gasteiger partial charge in [0.15, 0.2) is 0 Å². The topological polar surface area (TPSA) is 15.7 Å². The first-order valence-corrected chi connectivity index (χ1v) is 14.1. The van der Waals surface area contributed by atoms with Gasteiger partial charge in [0.1, 0.15) is 6.10 Å². The zero-order valence-corrected chi connectivity index (χ0v) is 21.4. The zero-order valence-electron chi connectivity index (χ0n) is 21.4. The molecule has 0 spiro atoms. The van der Waals surface area contributed by atoms with Gasteiger partial charge in [0.2, 0.25) is 0 Å². The molecule has 0 N–H and O–H groups in total. The minimum atomic E-state index is 0.190. The maximum absolute atomic E-state index is 6.56. The first-order chi connectivity index (χ1) is 17.8. The Morgan fingerprint density at radius 3 is 2.08 bits per heavy atom. The van der Waals surface area contributed by atoms with Crippen molar-refractivity contribution in [3.8, 4) is 0 Å². The van der Waals surface area contributed by atoms with E-state index in [0.29, 0.717) is 17.9 Å². The molecule has 3 aromatic rings. The van der Waals surface area contributed by atoms with E-state index in [-0.39, 0.29) is 6.10 Å². The second kappa shape index (κ2) is 11.3. The normalized spacial score (nSPS) is 27.3. The number of benzene rings is 3. The van der Waals surface area contributed by atoms with Crippen LogP contribution < -0.4 is 0 Å². The standard InChI is InChI=1S/C33H40N2O/c1-4-11-26(12-5-1)13-10-14-27-19-21-34(22-20-27)24-30-25-35-31(33(30)29-17-8-3-9-18-29)23-32(36-35)28-15-6-2-7-16-28/h1-9,11-12,15-18,27,30-33H,10,13-14,19-25H2/t30?,31-,32-,33+/m0/s1. The Kier molecular flexibility index (Phi) is 7.50. The van der Waals surface area contributed by atoms with Gasteiger partial charge in [-0.05, 0) is 73.7 Å². The first kappa shape index (κ1) is 23.9. The largest absolute Gasteiger partial charge is 0.303 e. The number of aryl methyl sites for hydroxylation is 1. The van der Waals surface area contributed by atoms with Crippen LogP contribution in [0.1, 0.15) is 60.8 Å². The van der Waals surface area contributed by atoms with Gasteiger partial charge in [-0.15, -0.1) is 0 Å². The highest BCUT2D eigenvalue weighted by molar-refractivity contribution is 5.27. The summed E-state index contributed by atoms with van der Waals surface area (Å²) in [7, 11) is 0. The lowest BCUT2D eigenvalue weighted by Gasteiger charge is -2.35. The molecule has 3 aromatic carbocycles. The number of likely N-dealkylation sites (tertiary alicyclic amines) is 1. The van der Waals surface area contributed by atoms with E-state index in [2.05, 4.69) is 101 Å². The predicted molar refractivity (Wildman–Crippen MR) is 147 cm³/mol. The van der Waals surface area contributed by atoms with Gasteiger partial charge in [0, 0.05) is 25.0 Å². The van der Waals surface area contributed by atoms with E-state index in [4.69, 9.17) is 4.84 Å². The minimum absolute atomic E-state index is 0.190. The molecule has 3 aliphatic heterocycles. The van der Waals surface area contributed by atoms with Crippen LogP contribution in [0.4, 0.5) is 0 Å².